The predicted molar refractivity (Wildman–Crippen MR) is 52.1 cm³/mol. The lowest BCUT2D eigenvalue weighted by Crippen LogP contribution is -2.07. The summed E-state index contributed by atoms with van der Waals surface area (Å²) in [6.45, 7) is -1.17. The van der Waals surface area contributed by atoms with Crippen LogP contribution >= 0.6 is 0 Å². The number of nitrogens with zero attached hydrogens (tertiary/aromatic N) is 2. The standard InChI is InChI=1S/C9H12F2N2O5/c10-6(11)3-16-2-1-7-12-13-8(18-7)4-17-5-9(14)15/h6H,1-5H2,(H,14,15). The van der Waals surface area contributed by atoms with E-state index in [4.69, 9.17) is 14.3 Å². The lowest BCUT2D eigenvalue weighted by molar-refractivity contribution is -0.142. The topological polar surface area (TPSA) is 94.7 Å². The number of carboxylic acid groups (broad SMARTS) is 1. The van der Waals surface area contributed by atoms with Crippen molar-refractivity contribution in [2.75, 3.05) is 19.8 Å². The zero-order valence-corrected chi connectivity index (χ0v) is 9.34. The Labute approximate surface area is 101 Å². The van der Waals surface area contributed by atoms with Crippen molar-refractivity contribution in [3.05, 3.63) is 11.8 Å². The molecule has 1 heterocycles. The monoisotopic (exact) mass is 266 g/mol. The molecule has 0 amide bonds. The summed E-state index contributed by atoms with van der Waals surface area (Å²) in [6.07, 6.45) is -2.30. The van der Waals surface area contributed by atoms with Crippen molar-refractivity contribution < 1.29 is 32.6 Å². The lowest BCUT2D eigenvalue weighted by Gasteiger charge is -2.00. The first-order valence-electron chi connectivity index (χ1n) is 5.04. The quantitative estimate of drug-likeness (QED) is 0.650. The SMILES string of the molecule is O=C(O)COCc1nnc(CCOCC(F)F)o1. The van der Waals surface area contributed by atoms with Crippen LogP contribution in [0, 0.1) is 0 Å². The first kappa shape index (κ1) is 14.5. The minimum atomic E-state index is -2.51. The molecule has 18 heavy (non-hydrogen) atoms. The molecule has 1 N–H and O–H groups in total. The third-order valence-electron chi connectivity index (χ3n) is 1.66. The lowest BCUT2D eigenvalue weighted by atomic mass is 10.4. The summed E-state index contributed by atoms with van der Waals surface area (Å²) in [5.41, 5.74) is 0. The molecule has 0 aliphatic carbocycles. The van der Waals surface area contributed by atoms with Crippen LogP contribution in [0.3, 0.4) is 0 Å². The van der Waals surface area contributed by atoms with E-state index in [1.807, 2.05) is 0 Å². The van der Waals surface area contributed by atoms with Gasteiger partial charge in [0.25, 0.3) is 6.43 Å². The molecule has 0 saturated carbocycles. The average Bonchev–Trinajstić information content (AvgIpc) is 2.72. The van der Waals surface area contributed by atoms with Crippen molar-refractivity contribution in [1.82, 2.24) is 10.2 Å². The van der Waals surface area contributed by atoms with Crippen LogP contribution in [0.4, 0.5) is 8.78 Å². The van der Waals surface area contributed by atoms with Crippen molar-refractivity contribution in [2.45, 2.75) is 19.5 Å². The van der Waals surface area contributed by atoms with Crippen LogP contribution in [0.25, 0.3) is 0 Å². The van der Waals surface area contributed by atoms with Gasteiger partial charge in [0.15, 0.2) is 0 Å². The van der Waals surface area contributed by atoms with Crippen molar-refractivity contribution in [2.24, 2.45) is 0 Å². The van der Waals surface area contributed by atoms with Gasteiger partial charge in [-0.25, -0.2) is 13.6 Å². The van der Waals surface area contributed by atoms with E-state index in [1.54, 1.807) is 0 Å². The predicted octanol–water partition coefficient (Wildman–Crippen LogP) is 0.495. The molecule has 1 rings (SSSR count). The highest BCUT2D eigenvalue weighted by atomic mass is 19.3. The van der Waals surface area contributed by atoms with Gasteiger partial charge in [-0.2, -0.15) is 0 Å². The maximum atomic E-state index is 11.7. The highest BCUT2D eigenvalue weighted by Gasteiger charge is 2.08. The van der Waals surface area contributed by atoms with Crippen LogP contribution in [-0.4, -0.2) is 47.5 Å². The number of carbonyl (C=O) groups is 1. The van der Waals surface area contributed by atoms with Crippen LogP contribution in [0.1, 0.15) is 11.8 Å². The van der Waals surface area contributed by atoms with Gasteiger partial charge in [-0.05, 0) is 0 Å². The van der Waals surface area contributed by atoms with Crippen LogP contribution in [0.15, 0.2) is 4.42 Å². The molecule has 0 aliphatic heterocycles. The Hall–Kier alpha value is -1.61. The van der Waals surface area contributed by atoms with Crippen LogP contribution < -0.4 is 0 Å². The minimum Gasteiger partial charge on any atom is -0.480 e. The Kier molecular flexibility index (Phi) is 6.15. The number of carboxylic acids is 1. The summed E-state index contributed by atoms with van der Waals surface area (Å²) in [5, 5.41) is 15.5. The van der Waals surface area contributed by atoms with E-state index in [1.165, 1.54) is 0 Å². The Morgan fingerprint density at radius 2 is 2.06 bits per heavy atom. The van der Waals surface area contributed by atoms with E-state index in [0.29, 0.717) is 0 Å². The largest absolute Gasteiger partial charge is 0.480 e. The van der Waals surface area contributed by atoms with Gasteiger partial charge < -0.3 is 19.0 Å². The molecule has 0 unspecified atom stereocenters. The molecule has 0 radical (unpaired) electrons. The molecule has 0 atom stereocenters. The van der Waals surface area contributed by atoms with Gasteiger partial charge in [-0.15, -0.1) is 10.2 Å². The van der Waals surface area contributed by atoms with E-state index >= 15 is 0 Å². The number of aliphatic carboxylic acids is 1. The fraction of sp³-hybridized carbons (Fsp3) is 0.667. The Morgan fingerprint density at radius 3 is 2.72 bits per heavy atom. The highest BCUT2D eigenvalue weighted by molar-refractivity contribution is 5.67. The minimum absolute atomic E-state index is 0.0436. The molecule has 1 aromatic rings. The van der Waals surface area contributed by atoms with Crippen molar-refractivity contribution >= 4 is 5.97 Å². The molecule has 0 aliphatic rings. The third-order valence-corrected chi connectivity index (χ3v) is 1.66. The maximum Gasteiger partial charge on any atom is 0.329 e. The zero-order chi connectivity index (χ0) is 13.4. The molecular weight excluding hydrogens is 254 g/mol. The Morgan fingerprint density at radius 1 is 1.33 bits per heavy atom. The molecule has 7 nitrogen and oxygen atoms in total. The van der Waals surface area contributed by atoms with E-state index in [0.717, 1.165) is 0 Å². The van der Waals surface area contributed by atoms with Crippen LogP contribution in [0.5, 0.6) is 0 Å². The van der Waals surface area contributed by atoms with E-state index < -0.39 is 25.6 Å². The fourth-order valence-electron chi connectivity index (χ4n) is 1.01. The van der Waals surface area contributed by atoms with Gasteiger partial charge >= 0.3 is 5.97 Å². The maximum absolute atomic E-state index is 11.7. The summed E-state index contributed by atoms with van der Waals surface area (Å²) >= 11 is 0. The zero-order valence-electron chi connectivity index (χ0n) is 9.34. The second-order valence-corrected chi connectivity index (χ2v) is 3.19. The van der Waals surface area contributed by atoms with Crippen LogP contribution in [-0.2, 0) is 27.3 Å². The molecule has 1 aromatic heterocycles. The van der Waals surface area contributed by atoms with Crippen molar-refractivity contribution in [1.29, 1.82) is 0 Å². The highest BCUT2D eigenvalue weighted by Crippen LogP contribution is 2.03. The smallest absolute Gasteiger partial charge is 0.329 e. The van der Waals surface area contributed by atoms with Crippen molar-refractivity contribution in [3.63, 3.8) is 0 Å². The summed E-state index contributed by atoms with van der Waals surface area (Å²) in [5.74, 6) is -0.756. The van der Waals surface area contributed by atoms with E-state index in [9.17, 15) is 13.6 Å². The number of halogens is 2. The number of hydrogen-bond donors (Lipinski definition) is 1. The van der Waals surface area contributed by atoms with Crippen LogP contribution in [0.2, 0.25) is 0 Å². The molecule has 0 saturated heterocycles. The number of ether oxygens (including phenoxy) is 2. The summed E-state index contributed by atoms with van der Waals surface area (Å²) in [4.78, 5) is 10.2. The first-order valence-corrected chi connectivity index (χ1v) is 5.04. The molecule has 0 spiro atoms. The molecule has 9 heteroatoms. The van der Waals surface area contributed by atoms with Gasteiger partial charge in [-0.3, -0.25) is 0 Å². The molecule has 102 valence electrons. The summed E-state index contributed by atoms with van der Waals surface area (Å²) in [6, 6.07) is 0. The van der Waals surface area contributed by atoms with Gasteiger partial charge in [0.1, 0.15) is 19.8 Å². The average molecular weight is 266 g/mol. The van der Waals surface area contributed by atoms with Gasteiger partial charge in [0.05, 0.1) is 6.61 Å². The molecule has 0 aromatic carbocycles. The first-order chi connectivity index (χ1) is 8.58. The molecule has 0 fully saturated rings. The van der Waals surface area contributed by atoms with E-state index in [2.05, 4.69) is 14.9 Å². The van der Waals surface area contributed by atoms with Gasteiger partial charge in [0, 0.05) is 6.42 Å². The second-order valence-electron chi connectivity index (χ2n) is 3.19. The number of aromatic nitrogens is 2. The van der Waals surface area contributed by atoms with E-state index in [-0.39, 0.29) is 31.4 Å². The Balaban J connectivity index is 2.19. The molecule has 0 bridgehead atoms. The number of hydrogen-bond acceptors (Lipinski definition) is 6. The number of alkyl halides is 2. The fourth-order valence-corrected chi connectivity index (χ4v) is 1.01. The second kappa shape index (κ2) is 7.67. The third kappa shape index (κ3) is 6.21. The summed E-state index contributed by atoms with van der Waals surface area (Å²) in [7, 11) is 0. The van der Waals surface area contributed by atoms with Gasteiger partial charge in [0.2, 0.25) is 11.8 Å². The number of rotatable bonds is 9. The Bertz CT molecular complexity index is 372. The van der Waals surface area contributed by atoms with Crippen molar-refractivity contribution in [3.8, 4) is 0 Å². The molecular formula is C9H12F2N2O5. The van der Waals surface area contributed by atoms with Gasteiger partial charge in [-0.1, -0.05) is 0 Å². The summed E-state index contributed by atoms with van der Waals surface area (Å²) < 4.78 is 37.9. The normalized spacial score (nSPS) is 11.1.